The van der Waals surface area contributed by atoms with Crippen LogP contribution >= 0.6 is 27.3 Å². The molecule has 3 rings (SSSR count). The van der Waals surface area contributed by atoms with E-state index in [0.29, 0.717) is 24.6 Å². The van der Waals surface area contributed by atoms with Gasteiger partial charge in [0.15, 0.2) is 5.13 Å². The van der Waals surface area contributed by atoms with Gasteiger partial charge < -0.3 is 10.1 Å². The van der Waals surface area contributed by atoms with Gasteiger partial charge >= 0.3 is 0 Å². The average molecular weight is 461 g/mol. The number of nitrogens with one attached hydrogen (secondary N) is 1. The molecule has 1 N–H and O–H groups in total. The fourth-order valence-electron chi connectivity index (χ4n) is 2.82. The zero-order valence-electron chi connectivity index (χ0n) is 16.6. The van der Waals surface area contributed by atoms with Crippen LogP contribution in [0.5, 0.6) is 5.75 Å². The number of anilines is 1. The molecule has 0 saturated carbocycles. The Morgan fingerprint density at radius 1 is 1.25 bits per heavy atom. The van der Waals surface area contributed by atoms with Crippen molar-refractivity contribution in [2.75, 3.05) is 11.9 Å². The van der Waals surface area contributed by atoms with Gasteiger partial charge in [-0.3, -0.25) is 4.79 Å². The molecule has 0 aliphatic carbocycles. The number of carbonyl (C=O) groups is 1. The van der Waals surface area contributed by atoms with Gasteiger partial charge in [0.1, 0.15) is 5.75 Å². The van der Waals surface area contributed by atoms with Gasteiger partial charge in [0, 0.05) is 6.42 Å². The highest BCUT2D eigenvalue weighted by atomic mass is 79.9. The van der Waals surface area contributed by atoms with E-state index in [4.69, 9.17) is 4.74 Å². The third-order valence-corrected chi connectivity index (χ3v) is 6.03. The summed E-state index contributed by atoms with van der Waals surface area (Å²) in [6, 6.07) is 12.2. The van der Waals surface area contributed by atoms with Crippen LogP contribution in [0, 0.1) is 6.92 Å². The van der Waals surface area contributed by atoms with E-state index in [9.17, 15) is 4.79 Å². The monoisotopic (exact) mass is 460 g/mol. The summed E-state index contributed by atoms with van der Waals surface area (Å²) < 4.78 is 7.85. The number of para-hydroxylation sites is 1. The van der Waals surface area contributed by atoms with Crippen LogP contribution in [0.1, 0.15) is 44.7 Å². The third kappa shape index (κ3) is 5.11. The lowest BCUT2D eigenvalue weighted by molar-refractivity contribution is -0.116. The maximum Gasteiger partial charge on any atom is 0.226 e. The minimum absolute atomic E-state index is 0.0394. The predicted octanol–water partition coefficient (Wildman–Crippen LogP) is 6.46. The van der Waals surface area contributed by atoms with Crippen molar-refractivity contribution in [2.24, 2.45) is 0 Å². The Morgan fingerprint density at radius 3 is 2.71 bits per heavy atom. The smallest absolute Gasteiger partial charge is 0.226 e. The molecule has 0 bridgehead atoms. The van der Waals surface area contributed by atoms with Gasteiger partial charge in [0.25, 0.3) is 0 Å². The summed E-state index contributed by atoms with van der Waals surface area (Å²) in [6.45, 7) is 9.05. The Hall–Kier alpha value is -1.92. The summed E-state index contributed by atoms with van der Waals surface area (Å²) in [5.74, 6) is 0.762. The molecule has 0 aliphatic heterocycles. The second-order valence-electron chi connectivity index (χ2n) is 7.84. The molecule has 28 heavy (non-hydrogen) atoms. The van der Waals surface area contributed by atoms with E-state index in [2.05, 4.69) is 59.1 Å². The number of nitrogens with zero attached hydrogens (tertiary/aromatic N) is 1. The normalized spacial score (nSPS) is 11.6. The zero-order valence-corrected chi connectivity index (χ0v) is 19.0. The van der Waals surface area contributed by atoms with Crippen molar-refractivity contribution in [3.8, 4) is 5.75 Å². The number of rotatable bonds is 6. The van der Waals surface area contributed by atoms with E-state index in [-0.39, 0.29) is 11.3 Å². The summed E-state index contributed by atoms with van der Waals surface area (Å²) >= 11 is 5.08. The van der Waals surface area contributed by atoms with Crippen molar-refractivity contribution >= 4 is 48.5 Å². The Balaban J connectivity index is 1.48. The molecule has 0 fully saturated rings. The highest BCUT2D eigenvalue weighted by molar-refractivity contribution is 9.10. The average Bonchev–Trinajstić information content (AvgIpc) is 3.02. The molecule has 0 unspecified atom stereocenters. The van der Waals surface area contributed by atoms with Crippen LogP contribution in [0.15, 0.2) is 40.9 Å². The minimum atomic E-state index is -0.0394. The van der Waals surface area contributed by atoms with Crippen LogP contribution in [0.3, 0.4) is 0 Å². The van der Waals surface area contributed by atoms with Gasteiger partial charge in [0.05, 0.1) is 21.3 Å². The molecule has 1 heterocycles. The molecule has 1 amide bonds. The molecule has 4 nitrogen and oxygen atoms in total. The Labute approximate surface area is 178 Å². The van der Waals surface area contributed by atoms with Crippen molar-refractivity contribution in [3.05, 3.63) is 52.0 Å². The molecular weight excluding hydrogens is 436 g/mol. The largest absolute Gasteiger partial charge is 0.492 e. The fraction of sp³-hybridized carbons (Fsp3) is 0.364. The first-order valence-corrected chi connectivity index (χ1v) is 10.9. The molecule has 0 saturated heterocycles. The highest BCUT2D eigenvalue weighted by Crippen LogP contribution is 2.31. The van der Waals surface area contributed by atoms with Crippen LogP contribution < -0.4 is 10.1 Å². The number of fused-ring (bicyclic) bond motifs is 1. The summed E-state index contributed by atoms with van der Waals surface area (Å²) in [7, 11) is 0. The molecule has 0 aliphatic rings. The summed E-state index contributed by atoms with van der Waals surface area (Å²) in [4.78, 5) is 16.7. The first-order chi connectivity index (χ1) is 13.2. The van der Waals surface area contributed by atoms with Gasteiger partial charge in [-0.25, -0.2) is 4.98 Å². The number of amides is 1. The number of hydrogen-bond donors (Lipinski definition) is 1. The molecule has 2 aromatic carbocycles. The number of ether oxygens (including phenoxy) is 1. The molecule has 148 valence electrons. The molecule has 3 aromatic rings. The number of carbonyl (C=O) groups excluding carboxylic acids is 1. The van der Waals surface area contributed by atoms with E-state index in [0.717, 1.165) is 26.0 Å². The lowest BCUT2D eigenvalue weighted by Gasteiger charge is -2.20. The lowest BCUT2D eigenvalue weighted by Crippen LogP contribution is -2.13. The van der Waals surface area contributed by atoms with Gasteiger partial charge in [-0.2, -0.15) is 0 Å². The highest BCUT2D eigenvalue weighted by Gasteiger charge is 2.15. The topological polar surface area (TPSA) is 51.2 Å². The summed E-state index contributed by atoms with van der Waals surface area (Å²) in [6.07, 6.45) is 1.04. The molecule has 1 aromatic heterocycles. The number of aryl methyl sites for hydroxylation is 1. The Bertz CT molecular complexity index is 992. The van der Waals surface area contributed by atoms with Crippen LogP contribution in [-0.4, -0.2) is 17.5 Å². The molecule has 0 spiro atoms. The van der Waals surface area contributed by atoms with Crippen molar-refractivity contribution in [2.45, 2.75) is 46.0 Å². The maximum atomic E-state index is 12.2. The van der Waals surface area contributed by atoms with Crippen molar-refractivity contribution < 1.29 is 9.53 Å². The molecule has 0 atom stereocenters. The number of aromatic nitrogens is 1. The van der Waals surface area contributed by atoms with Crippen LogP contribution in [0.2, 0.25) is 0 Å². The minimum Gasteiger partial charge on any atom is -0.492 e. The third-order valence-electron chi connectivity index (χ3n) is 4.47. The summed E-state index contributed by atoms with van der Waals surface area (Å²) in [5, 5.41) is 3.55. The first kappa shape index (κ1) is 20.8. The van der Waals surface area contributed by atoms with E-state index >= 15 is 0 Å². The summed E-state index contributed by atoms with van der Waals surface area (Å²) in [5.41, 5.74) is 3.41. The second-order valence-corrected chi connectivity index (χ2v) is 9.72. The second kappa shape index (κ2) is 8.62. The standard InChI is InChI=1S/C22H25BrN2O2S/c1-14-7-5-8-18-20(14)25-21(28-18)24-19(26)9-6-12-27-17-11-10-15(13-16(17)23)22(2,3)4/h5,7-8,10-11,13H,6,9,12H2,1-4H3,(H,24,25,26). The first-order valence-electron chi connectivity index (χ1n) is 9.33. The fourth-order valence-corrected chi connectivity index (χ4v) is 4.27. The van der Waals surface area contributed by atoms with Crippen LogP contribution in [0.25, 0.3) is 10.2 Å². The van der Waals surface area contributed by atoms with E-state index in [1.165, 1.54) is 16.9 Å². The van der Waals surface area contributed by atoms with Gasteiger partial charge in [-0.1, -0.05) is 50.3 Å². The maximum absolute atomic E-state index is 12.2. The molecule has 6 heteroatoms. The Kier molecular flexibility index (Phi) is 6.40. The van der Waals surface area contributed by atoms with Crippen molar-refractivity contribution in [1.82, 2.24) is 4.98 Å². The van der Waals surface area contributed by atoms with Gasteiger partial charge in [-0.15, -0.1) is 0 Å². The number of benzene rings is 2. The number of thiazole rings is 1. The molecule has 0 radical (unpaired) electrons. The SMILES string of the molecule is Cc1cccc2sc(NC(=O)CCCOc3ccc(C(C)(C)C)cc3Br)nc12. The number of hydrogen-bond acceptors (Lipinski definition) is 4. The Morgan fingerprint density at radius 2 is 2.04 bits per heavy atom. The lowest BCUT2D eigenvalue weighted by atomic mass is 9.87. The van der Waals surface area contributed by atoms with E-state index < -0.39 is 0 Å². The van der Waals surface area contributed by atoms with E-state index in [1.807, 2.05) is 31.2 Å². The van der Waals surface area contributed by atoms with Gasteiger partial charge in [-0.05, 0) is 64.0 Å². The molecular formula is C22H25BrN2O2S. The number of halogens is 1. The quantitative estimate of drug-likeness (QED) is 0.429. The van der Waals surface area contributed by atoms with Crippen LogP contribution in [-0.2, 0) is 10.2 Å². The van der Waals surface area contributed by atoms with Crippen molar-refractivity contribution in [1.29, 1.82) is 0 Å². The van der Waals surface area contributed by atoms with Gasteiger partial charge in [0.2, 0.25) is 5.91 Å². The van der Waals surface area contributed by atoms with Crippen LogP contribution in [0.4, 0.5) is 5.13 Å². The zero-order chi connectivity index (χ0) is 20.3. The predicted molar refractivity (Wildman–Crippen MR) is 121 cm³/mol. The van der Waals surface area contributed by atoms with Crippen molar-refractivity contribution in [3.63, 3.8) is 0 Å². The van der Waals surface area contributed by atoms with E-state index in [1.54, 1.807) is 0 Å².